The van der Waals surface area contributed by atoms with E-state index in [9.17, 15) is 13.2 Å². The molecule has 0 unspecified atom stereocenters. The van der Waals surface area contributed by atoms with Crippen molar-refractivity contribution in [1.82, 2.24) is 4.90 Å². The van der Waals surface area contributed by atoms with Gasteiger partial charge in [0.1, 0.15) is 0 Å². The van der Waals surface area contributed by atoms with Gasteiger partial charge in [-0.05, 0) is 25.9 Å². The predicted octanol–water partition coefficient (Wildman–Crippen LogP) is 2.53. The van der Waals surface area contributed by atoms with Crippen molar-refractivity contribution in [2.24, 2.45) is 5.92 Å². The van der Waals surface area contributed by atoms with Crippen LogP contribution in [-0.4, -0.2) is 31.2 Å². The van der Waals surface area contributed by atoms with E-state index in [1.54, 1.807) is 0 Å². The molecule has 0 fully saturated rings. The van der Waals surface area contributed by atoms with Gasteiger partial charge in [-0.15, -0.1) is 0 Å². The molecule has 0 aliphatic rings. The van der Waals surface area contributed by atoms with Gasteiger partial charge in [-0.25, -0.2) is 0 Å². The van der Waals surface area contributed by atoms with Crippen LogP contribution in [0.2, 0.25) is 0 Å². The highest BCUT2D eigenvalue weighted by Crippen LogP contribution is 2.15. The third-order valence-corrected chi connectivity index (χ3v) is 1.54. The second-order valence-electron chi connectivity index (χ2n) is 3.54. The maximum absolute atomic E-state index is 11.8. The van der Waals surface area contributed by atoms with Gasteiger partial charge in [-0.1, -0.05) is 13.8 Å². The Kier molecular flexibility index (Phi) is 4.60. The summed E-state index contributed by atoms with van der Waals surface area (Å²) in [5, 5.41) is 0. The normalized spacial score (nSPS) is 13.0. The topological polar surface area (TPSA) is 3.24 Å². The van der Waals surface area contributed by atoms with E-state index in [2.05, 4.69) is 0 Å². The average Bonchev–Trinajstić information content (AvgIpc) is 1.79. The largest absolute Gasteiger partial charge is 0.401 e. The summed E-state index contributed by atoms with van der Waals surface area (Å²) in [5.74, 6) is 0.459. The first-order chi connectivity index (χ1) is 5.31. The lowest BCUT2D eigenvalue weighted by Gasteiger charge is -2.19. The molecule has 0 aliphatic heterocycles. The van der Waals surface area contributed by atoms with Gasteiger partial charge in [0, 0.05) is 0 Å². The zero-order valence-electron chi connectivity index (χ0n) is 7.78. The van der Waals surface area contributed by atoms with Crippen LogP contribution in [0.1, 0.15) is 20.3 Å². The molecule has 0 aromatic heterocycles. The Morgan fingerprint density at radius 3 is 2.08 bits per heavy atom. The lowest BCUT2D eigenvalue weighted by atomic mass is 10.1. The summed E-state index contributed by atoms with van der Waals surface area (Å²) >= 11 is 0. The molecule has 12 heavy (non-hydrogen) atoms. The van der Waals surface area contributed by atoms with Crippen LogP contribution in [0.5, 0.6) is 0 Å². The van der Waals surface area contributed by atoms with E-state index in [-0.39, 0.29) is 0 Å². The number of halogens is 3. The molecule has 0 aliphatic carbocycles. The van der Waals surface area contributed by atoms with Crippen LogP contribution >= 0.6 is 0 Å². The van der Waals surface area contributed by atoms with E-state index in [1.165, 1.54) is 11.9 Å². The molecule has 0 aromatic rings. The van der Waals surface area contributed by atoms with E-state index in [4.69, 9.17) is 0 Å². The van der Waals surface area contributed by atoms with Gasteiger partial charge in [-0.3, -0.25) is 4.90 Å². The fraction of sp³-hybridized carbons (Fsp3) is 1.00. The zero-order chi connectivity index (χ0) is 9.78. The monoisotopic (exact) mass is 183 g/mol. The SMILES string of the molecule is CC(C)CCN(C)CC(F)(F)F. The maximum atomic E-state index is 11.8. The quantitative estimate of drug-likeness (QED) is 0.647. The summed E-state index contributed by atoms with van der Waals surface area (Å²) < 4.78 is 35.4. The summed E-state index contributed by atoms with van der Waals surface area (Å²) in [6.07, 6.45) is -3.25. The minimum Gasteiger partial charge on any atom is -0.298 e. The van der Waals surface area contributed by atoms with Crippen LogP contribution in [0.4, 0.5) is 13.2 Å². The van der Waals surface area contributed by atoms with Crippen LogP contribution in [0.25, 0.3) is 0 Å². The van der Waals surface area contributed by atoms with E-state index in [1.807, 2.05) is 13.8 Å². The second kappa shape index (κ2) is 4.70. The fourth-order valence-electron chi connectivity index (χ4n) is 0.864. The molecule has 0 rings (SSSR count). The molecular weight excluding hydrogens is 167 g/mol. The van der Waals surface area contributed by atoms with Gasteiger partial charge < -0.3 is 0 Å². The molecule has 74 valence electrons. The predicted molar refractivity (Wildman–Crippen MR) is 43.0 cm³/mol. The Morgan fingerprint density at radius 1 is 1.25 bits per heavy atom. The van der Waals surface area contributed by atoms with Crippen LogP contribution < -0.4 is 0 Å². The minimum absolute atomic E-state index is 0.459. The van der Waals surface area contributed by atoms with Gasteiger partial charge in [0.15, 0.2) is 0 Å². The molecular formula is C8H16F3N. The molecule has 0 saturated carbocycles. The fourth-order valence-corrected chi connectivity index (χ4v) is 0.864. The Hall–Kier alpha value is -0.250. The van der Waals surface area contributed by atoms with Gasteiger partial charge >= 0.3 is 6.18 Å². The number of hydrogen-bond acceptors (Lipinski definition) is 1. The molecule has 0 radical (unpaired) electrons. The maximum Gasteiger partial charge on any atom is 0.401 e. The molecule has 0 amide bonds. The molecule has 0 atom stereocenters. The summed E-state index contributed by atoms with van der Waals surface area (Å²) in [5.41, 5.74) is 0. The minimum atomic E-state index is -4.06. The lowest BCUT2D eigenvalue weighted by Crippen LogP contribution is -2.32. The Balaban J connectivity index is 3.53. The molecule has 4 heteroatoms. The summed E-state index contributed by atoms with van der Waals surface area (Å²) in [4.78, 5) is 1.31. The van der Waals surface area contributed by atoms with Crippen molar-refractivity contribution in [2.75, 3.05) is 20.1 Å². The number of hydrogen-bond donors (Lipinski definition) is 0. The van der Waals surface area contributed by atoms with Crippen molar-refractivity contribution in [3.63, 3.8) is 0 Å². The van der Waals surface area contributed by atoms with Gasteiger partial charge in [0.05, 0.1) is 6.54 Å². The first kappa shape index (κ1) is 11.8. The van der Waals surface area contributed by atoms with Gasteiger partial charge in [-0.2, -0.15) is 13.2 Å². The summed E-state index contributed by atoms with van der Waals surface area (Å²) in [6, 6.07) is 0. The smallest absolute Gasteiger partial charge is 0.298 e. The molecule has 0 spiro atoms. The molecule has 0 saturated heterocycles. The summed E-state index contributed by atoms with van der Waals surface area (Å²) in [7, 11) is 1.50. The number of rotatable bonds is 4. The van der Waals surface area contributed by atoms with Crippen molar-refractivity contribution in [1.29, 1.82) is 0 Å². The van der Waals surface area contributed by atoms with Crippen LogP contribution in [0.3, 0.4) is 0 Å². The number of nitrogens with zero attached hydrogens (tertiary/aromatic N) is 1. The third-order valence-electron chi connectivity index (χ3n) is 1.54. The van der Waals surface area contributed by atoms with Crippen molar-refractivity contribution in [2.45, 2.75) is 26.4 Å². The first-order valence-corrected chi connectivity index (χ1v) is 4.06. The van der Waals surface area contributed by atoms with Crippen LogP contribution in [-0.2, 0) is 0 Å². The van der Waals surface area contributed by atoms with E-state index >= 15 is 0 Å². The van der Waals surface area contributed by atoms with E-state index < -0.39 is 12.7 Å². The van der Waals surface area contributed by atoms with Crippen LogP contribution in [0.15, 0.2) is 0 Å². The highest BCUT2D eigenvalue weighted by Gasteiger charge is 2.28. The van der Waals surface area contributed by atoms with Crippen LogP contribution in [0, 0.1) is 5.92 Å². The first-order valence-electron chi connectivity index (χ1n) is 4.06. The van der Waals surface area contributed by atoms with Gasteiger partial charge in [0.2, 0.25) is 0 Å². The molecule has 0 heterocycles. The van der Waals surface area contributed by atoms with Crippen molar-refractivity contribution < 1.29 is 13.2 Å². The second-order valence-corrected chi connectivity index (χ2v) is 3.54. The van der Waals surface area contributed by atoms with E-state index in [0.29, 0.717) is 12.5 Å². The lowest BCUT2D eigenvalue weighted by molar-refractivity contribution is -0.143. The molecule has 0 aromatic carbocycles. The Labute approximate surface area is 71.6 Å². The standard InChI is InChI=1S/C8H16F3N/c1-7(2)4-5-12(3)6-8(9,10)11/h7H,4-6H2,1-3H3. The molecule has 0 N–H and O–H groups in total. The van der Waals surface area contributed by atoms with Crippen molar-refractivity contribution in [3.8, 4) is 0 Å². The average molecular weight is 183 g/mol. The zero-order valence-corrected chi connectivity index (χ0v) is 7.78. The highest BCUT2D eigenvalue weighted by molar-refractivity contribution is 4.59. The van der Waals surface area contributed by atoms with Crippen molar-refractivity contribution in [3.05, 3.63) is 0 Å². The Bertz CT molecular complexity index is 120. The van der Waals surface area contributed by atoms with Gasteiger partial charge in [0.25, 0.3) is 0 Å². The Morgan fingerprint density at radius 2 is 1.75 bits per heavy atom. The third kappa shape index (κ3) is 7.85. The summed E-state index contributed by atoms with van der Waals surface area (Å²) in [6.45, 7) is 3.71. The van der Waals surface area contributed by atoms with E-state index in [0.717, 1.165) is 6.42 Å². The highest BCUT2D eigenvalue weighted by atomic mass is 19.4. The molecule has 0 bridgehead atoms. The van der Waals surface area contributed by atoms with Crippen molar-refractivity contribution >= 4 is 0 Å². The molecule has 1 nitrogen and oxygen atoms in total. The number of alkyl halides is 3.